The molecule has 8 heteroatoms. The first-order valence-electron chi connectivity index (χ1n) is 5.97. The predicted molar refractivity (Wildman–Crippen MR) is 77.6 cm³/mol. The zero-order valence-electron chi connectivity index (χ0n) is 10.9. The Hall–Kier alpha value is -1.77. The van der Waals surface area contributed by atoms with Gasteiger partial charge in [0.1, 0.15) is 10.0 Å². The number of nitrogens with one attached hydrogen (secondary N) is 1. The van der Waals surface area contributed by atoms with Crippen LogP contribution in [-0.4, -0.2) is 14.3 Å². The largest absolute Gasteiger partial charge is 0.351 e. The number of thiophene rings is 1. The molecule has 5 nitrogen and oxygen atoms in total. The molecule has 2 rings (SSSR count). The number of carbonyl (C=O) groups excluding carboxylic acids is 1. The number of rotatable bonds is 5. The number of halogens is 1. The fourth-order valence-corrected chi connectivity index (χ4v) is 3.41. The van der Waals surface area contributed by atoms with Crippen LogP contribution in [0.2, 0.25) is 0 Å². The van der Waals surface area contributed by atoms with Crippen LogP contribution in [0.25, 0.3) is 0 Å². The van der Waals surface area contributed by atoms with Crippen LogP contribution in [0.3, 0.4) is 0 Å². The Labute approximate surface area is 125 Å². The standard InChI is InChI=1S/C13H13FN2O3S2/c14-10-3-1-2-9(6-10)7-12(17)16-8-11-4-5-13(20-11)21(15,18)19/h1-6H,7-8H2,(H,16,17)(H2,15,18,19). The lowest BCUT2D eigenvalue weighted by atomic mass is 10.1. The van der Waals surface area contributed by atoms with Gasteiger partial charge in [0.25, 0.3) is 0 Å². The summed E-state index contributed by atoms with van der Waals surface area (Å²) in [6.07, 6.45) is 0.0607. The average molecular weight is 328 g/mol. The second kappa shape index (κ2) is 6.33. The van der Waals surface area contributed by atoms with E-state index in [-0.39, 0.29) is 23.1 Å². The van der Waals surface area contributed by atoms with E-state index in [2.05, 4.69) is 5.32 Å². The van der Waals surface area contributed by atoms with E-state index in [9.17, 15) is 17.6 Å². The maximum atomic E-state index is 13.0. The summed E-state index contributed by atoms with van der Waals surface area (Å²) in [4.78, 5) is 12.4. The molecule has 0 aliphatic heterocycles. The van der Waals surface area contributed by atoms with E-state index < -0.39 is 15.8 Å². The van der Waals surface area contributed by atoms with E-state index in [1.165, 1.54) is 24.3 Å². The maximum Gasteiger partial charge on any atom is 0.247 e. The van der Waals surface area contributed by atoms with E-state index in [0.717, 1.165) is 11.3 Å². The minimum atomic E-state index is -3.71. The van der Waals surface area contributed by atoms with Crippen molar-refractivity contribution in [1.29, 1.82) is 0 Å². The molecule has 0 atom stereocenters. The van der Waals surface area contributed by atoms with Gasteiger partial charge in [0.15, 0.2) is 0 Å². The third kappa shape index (κ3) is 4.62. The summed E-state index contributed by atoms with van der Waals surface area (Å²) in [5, 5.41) is 7.65. The summed E-state index contributed by atoms with van der Waals surface area (Å²) in [5.74, 6) is -0.664. The second-order valence-corrected chi connectivity index (χ2v) is 7.31. The first-order chi connectivity index (χ1) is 9.84. The molecule has 1 heterocycles. The van der Waals surface area contributed by atoms with Crippen molar-refractivity contribution >= 4 is 27.3 Å². The van der Waals surface area contributed by atoms with Gasteiger partial charge in [-0.05, 0) is 29.8 Å². The van der Waals surface area contributed by atoms with Crippen molar-refractivity contribution in [2.45, 2.75) is 17.2 Å². The molecule has 0 aliphatic carbocycles. The maximum absolute atomic E-state index is 13.0. The Kier molecular flexibility index (Phi) is 4.71. The molecule has 0 aliphatic rings. The van der Waals surface area contributed by atoms with Crippen LogP contribution in [0.1, 0.15) is 10.4 Å². The Morgan fingerprint density at radius 2 is 2.05 bits per heavy atom. The minimum Gasteiger partial charge on any atom is -0.351 e. The van der Waals surface area contributed by atoms with Crippen molar-refractivity contribution in [2.24, 2.45) is 5.14 Å². The molecule has 112 valence electrons. The average Bonchev–Trinajstić information content (AvgIpc) is 2.85. The van der Waals surface area contributed by atoms with E-state index in [1.807, 2.05) is 0 Å². The first-order valence-corrected chi connectivity index (χ1v) is 8.33. The minimum absolute atomic E-state index is 0.0527. The fourth-order valence-electron chi connectivity index (χ4n) is 1.69. The monoisotopic (exact) mass is 328 g/mol. The fraction of sp³-hybridized carbons (Fsp3) is 0.154. The number of benzene rings is 1. The van der Waals surface area contributed by atoms with Crippen LogP contribution >= 0.6 is 11.3 Å². The predicted octanol–water partition coefficient (Wildman–Crippen LogP) is 1.39. The summed E-state index contributed by atoms with van der Waals surface area (Å²) in [7, 11) is -3.71. The molecule has 1 aromatic heterocycles. The molecule has 0 saturated heterocycles. The lowest BCUT2D eigenvalue weighted by Crippen LogP contribution is -2.24. The van der Waals surface area contributed by atoms with Crippen LogP contribution in [0.15, 0.2) is 40.6 Å². The molecule has 0 unspecified atom stereocenters. The molecule has 0 saturated carbocycles. The highest BCUT2D eigenvalue weighted by atomic mass is 32.2. The molecule has 0 fully saturated rings. The zero-order chi connectivity index (χ0) is 15.5. The number of primary sulfonamides is 1. The molecule has 0 radical (unpaired) electrons. The number of hydrogen-bond acceptors (Lipinski definition) is 4. The number of amides is 1. The Bertz CT molecular complexity index is 756. The van der Waals surface area contributed by atoms with Crippen molar-refractivity contribution < 1.29 is 17.6 Å². The van der Waals surface area contributed by atoms with E-state index in [1.54, 1.807) is 12.1 Å². The number of carbonyl (C=O) groups is 1. The second-order valence-electron chi connectivity index (χ2n) is 4.35. The summed E-state index contributed by atoms with van der Waals surface area (Å²) < 4.78 is 35.3. The van der Waals surface area contributed by atoms with Crippen molar-refractivity contribution in [3.63, 3.8) is 0 Å². The third-order valence-electron chi connectivity index (χ3n) is 2.63. The van der Waals surface area contributed by atoms with Gasteiger partial charge >= 0.3 is 0 Å². The molecule has 0 bridgehead atoms. The highest BCUT2D eigenvalue weighted by Crippen LogP contribution is 2.19. The smallest absolute Gasteiger partial charge is 0.247 e. The summed E-state index contributed by atoms with van der Waals surface area (Å²) in [6.45, 7) is 0.203. The van der Waals surface area contributed by atoms with Crippen LogP contribution in [0.5, 0.6) is 0 Å². The quantitative estimate of drug-likeness (QED) is 0.869. The van der Waals surface area contributed by atoms with Crippen LogP contribution in [-0.2, 0) is 27.8 Å². The van der Waals surface area contributed by atoms with Crippen molar-refractivity contribution in [3.8, 4) is 0 Å². The van der Waals surface area contributed by atoms with Crippen LogP contribution in [0.4, 0.5) is 4.39 Å². The van der Waals surface area contributed by atoms with Gasteiger partial charge in [-0.3, -0.25) is 4.79 Å². The van der Waals surface area contributed by atoms with Gasteiger partial charge in [-0.15, -0.1) is 11.3 Å². The Morgan fingerprint density at radius 1 is 1.29 bits per heavy atom. The molecule has 1 amide bonds. The van der Waals surface area contributed by atoms with Crippen molar-refractivity contribution in [3.05, 3.63) is 52.7 Å². The SMILES string of the molecule is NS(=O)(=O)c1ccc(CNC(=O)Cc2cccc(F)c2)s1. The molecule has 0 spiro atoms. The summed E-state index contributed by atoms with van der Waals surface area (Å²) in [5.41, 5.74) is 0.573. The molecular weight excluding hydrogens is 315 g/mol. The molecule has 1 aromatic carbocycles. The van der Waals surface area contributed by atoms with Gasteiger partial charge in [-0.25, -0.2) is 17.9 Å². The molecular formula is C13H13FN2O3S2. The Balaban J connectivity index is 1.91. The summed E-state index contributed by atoms with van der Waals surface area (Å²) >= 11 is 1.00. The third-order valence-corrected chi connectivity index (χ3v) is 5.15. The topological polar surface area (TPSA) is 89.3 Å². The molecule has 3 N–H and O–H groups in total. The van der Waals surface area contributed by atoms with E-state index in [0.29, 0.717) is 10.4 Å². The van der Waals surface area contributed by atoms with Crippen molar-refractivity contribution in [1.82, 2.24) is 5.32 Å². The van der Waals surface area contributed by atoms with E-state index in [4.69, 9.17) is 5.14 Å². The van der Waals surface area contributed by atoms with Gasteiger partial charge in [0.05, 0.1) is 13.0 Å². The lowest BCUT2D eigenvalue weighted by molar-refractivity contribution is -0.120. The van der Waals surface area contributed by atoms with Crippen LogP contribution < -0.4 is 10.5 Å². The Morgan fingerprint density at radius 3 is 2.67 bits per heavy atom. The number of sulfonamides is 1. The number of nitrogens with two attached hydrogens (primary N) is 1. The normalized spacial score (nSPS) is 11.3. The van der Waals surface area contributed by atoms with Gasteiger partial charge < -0.3 is 5.32 Å². The lowest BCUT2D eigenvalue weighted by Gasteiger charge is -2.04. The molecule has 21 heavy (non-hydrogen) atoms. The van der Waals surface area contributed by atoms with Gasteiger partial charge in [-0.2, -0.15) is 0 Å². The summed E-state index contributed by atoms with van der Waals surface area (Å²) in [6, 6.07) is 8.79. The highest BCUT2D eigenvalue weighted by molar-refractivity contribution is 7.91. The van der Waals surface area contributed by atoms with Gasteiger partial charge in [-0.1, -0.05) is 12.1 Å². The van der Waals surface area contributed by atoms with Crippen molar-refractivity contribution in [2.75, 3.05) is 0 Å². The zero-order valence-corrected chi connectivity index (χ0v) is 12.5. The first kappa shape index (κ1) is 15.6. The van der Waals surface area contributed by atoms with Crippen LogP contribution in [0, 0.1) is 5.82 Å². The molecule has 2 aromatic rings. The van der Waals surface area contributed by atoms with Gasteiger partial charge in [0.2, 0.25) is 15.9 Å². The highest BCUT2D eigenvalue weighted by Gasteiger charge is 2.11. The van der Waals surface area contributed by atoms with E-state index >= 15 is 0 Å². The van der Waals surface area contributed by atoms with Gasteiger partial charge in [0, 0.05) is 4.88 Å². The number of hydrogen-bond donors (Lipinski definition) is 2.